The van der Waals surface area contributed by atoms with Gasteiger partial charge in [-0.2, -0.15) is 0 Å². The third kappa shape index (κ3) is 4.69. The number of rotatable bonds is 6. The summed E-state index contributed by atoms with van der Waals surface area (Å²) in [7, 11) is 0. The fraction of sp³-hybridized carbons (Fsp3) is 0.308. The number of aryl methyl sites for hydroxylation is 1. The Balaban J connectivity index is 2.49. The van der Waals surface area contributed by atoms with E-state index in [4.69, 9.17) is 10.2 Å². The van der Waals surface area contributed by atoms with Gasteiger partial charge < -0.3 is 20.8 Å². The Morgan fingerprint density at radius 2 is 2.00 bits per heavy atom. The van der Waals surface area contributed by atoms with Crippen LogP contribution >= 0.6 is 0 Å². The van der Waals surface area contributed by atoms with E-state index in [0.29, 0.717) is 5.56 Å². The van der Waals surface area contributed by atoms with Crippen LogP contribution in [0.1, 0.15) is 15.9 Å². The Labute approximate surface area is 115 Å². The molecule has 0 fully saturated rings. The van der Waals surface area contributed by atoms with Gasteiger partial charge in [-0.1, -0.05) is 17.7 Å². The average molecular weight is 280 g/mol. The van der Waals surface area contributed by atoms with Gasteiger partial charge in [0.2, 0.25) is 5.91 Å². The molecule has 1 aromatic carbocycles. The van der Waals surface area contributed by atoms with E-state index in [0.717, 1.165) is 5.56 Å². The van der Waals surface area contributed by atoms with Crippen molar-refractivity contribution in [2.75, 3.05) is 13.2 Å². The number of carboxylic acid groups (broad SMARTS) is 1. The van der Waals surface area contributed by atoms with Crippen molar-refractivity contribution in [3.05, 3.63) is 35.4 Å². The molecule has 0 bridgehead atoms. The molecule has 4 N–H and O–H groups in total. The molecule has 0 aliphatic heterocycles. The van der Waals surface area contributed by atoms with Gasteiger partial charge in [-0.25, -0.2) is 4.79 Å². The van der Waals surface area contributed by atoms with Crippen LogP contribution < -0.4 is 10.6 Å². The minimum Gasteiger partial charge on any atom is -0.480 e. The van der Waals surface area contributed by atoms with Crippen LogP contribution in [-0.4, -0.2) is 47.2 Å². The van der Waals surface area contributed by atoms with Gasteiger partial charge in [-0.15, -0.1) is 0 Å². The van der Waals surface area contributed by atoms with Crippen molar-refractivity contribution in [3.63, 3.8) is 0 Å². The largest absolute Gasteiger partial charge is 0.480 e. The number of carbonyl (C=O) groups is 3. The number of nitrogens with one attached hydrogen (secondary N) is 2. The predicted molar refractivity (Wildman–Crippen MR) is 70.2 cm³/mol. The first-order valence-corrected chi connectivity index (χ1v) is 5.92. The fourth-order valence-electron chi connectivity index (χ4n) is 1.48. The Hall–Kier alpha value is -2.41. The van der Waals surface area contributed by atoms with E-state index < -0.39 is 30.4 Å². The molecule has 0 radical (unpaired) electrons. The predicted octanol–water partition coefficient (Wildman–Crippen LogP) is -0.713. The third-order valence-electron chi connectivity index (χ3n) is 2.51. The zero-order chi connectivity index (χ0) is 15.1. The number of hydrogen-bond acceptors (Lipinski definition) is 4. The highest BCUT2D eigenvalue weighted by Crippen LogP contribution is 2.03. The summed E-state index contributed by atoms with van der Waals surface area (Å²) in [6.45, 7) is 0.756. The topological polar surface area (TPSA) is 116 Å². The molecular weight excluding hydrogens is 264 g/mol. The second-order valence-corrected chi connectivity index (χ2v) is 4.19. The molecule has 1 atom stereocenters. The molecule has 0 saturated carbocycles. The van der Waals surface area contributed by atoms with Crippen molar-refractivity contribution >= 4 is 17.8 Å². The number of hydrogen-bond donors (Lipinski definition) is 4. The van der Waals surface area contributed by atoms with Crippen LogP contribution in [0.5, 0.6) is 0 Å². The molecule has 2 amide bonds. The standard InChI is InChI=1S/C13H16N2O5/c1-8-3-2-4-9(5-8)12(18)14-6-11(17)15-10(7-16)13(19)20/h2-5,10,16H,6-7H2,1H3,(H,14,18)(H,15,17)(H,19,20). The Kier molecular flexibility index (Phi) is 5.67. The summed E-state index contributed by atoms with van der Waals surface area (Å²) in [4.78, 5) is 33.8. The van der Waals surface area contributed by atoms with E-state index >= 15 is 0 Å². The highest BCUT2D eigenvalue weighted by molar-refractivity contribution is 5.97. The van der Waals surface area contributed by atoms with Crippen LogP contribution in [-0.2, 0) is 9.59 Å². The van der Waals surface area contributed by atoms with Gasteiger partial charge in [0, 0.05) is 5.56 Å². The van der Waals surface area contributed by atoms with Crippen LogP contribution in [0.25, 0.3) is 0 Å². The molecule has 1 aromatic rings. The van der Waals surface area contributed by atoms with E-state index in [1.807, 2.05) is 13.0 Å². The maximum Gasteiger partial charge on any atom is 0.328 e. The summed E-state index contributed by atoms with van der Waals surface area (Å²) in [5, 5.41) is 21.8. The molecule has 0 spiro atoms. The first kappa shape index (κ1) is 15.6. The van der Waals surface area contributed by atoms with E-state index in [1.165, 1.54) is 0 Å². The number of aliphatic hydroxyl groups excluding tert-OH is 1. The number of amides is 2. The Bertz CT molecular complexity index is 515. The number of carboxylic acids is 1. The zero-order valence-electron chi connectivity index (χ0n) is 10.9. The lowest BCUT2D eigenvalue weighted by Crippen LogP contribution is -2.47. The molecule has 1 unspecified atom stereocenters. The van der Waals surface area contributed by atoms with Crippen LogP contribution in [0, 0.1) is 6.92 Å². The first-order valence-electron chi connectivity index (χ1n) is 5.92. The van der Waals surface area contributed by atoms with Crippen molar-refractivity contribution in [2.45, 2.75) is 13.0 Å². The van der Waals surface area contributed by atoms with Gasteiger partial charge in [-0.05, 0) is 19.1 Å². The third-order valence-corrected chi connectivity index (χ3v) is 2.51. The SMILES string of the molecule is Cc1cccc(C(=O)NCC(=O)NC(CO)C(=O)O)c1. The molecule has 0 heterocycles. The van der Waals surface area contributed by atoms with Gasteiger partial charge >= 0.3 is 5.97 Å². The summed E-state index contributed by atoms with van der Waals surface area (Å²) in [5.41, 5.74) is 1.32. The zero-order valence-corrected chi connectivity index (χ0v) is 10.9. The monoisotopic (exact) mass is 280 g/mol. The average Bonchev–Trinajstić information content (AvgIpc) is 2.41. The van der Waals surface area contributed by atoms with Crippen molar-refractivity contribution in [2.24, 2.45) is 0 Å². The van der Waals surface area contributed by atoms with Crippen LogP contribution in [0.4, 0.5) is 0 Å². The molecule has 20 heavy (non-hydrogen) atoms. The number of aliphatic carboxylic acids is 1. The van der Waals surface area contributed by atoms with E-state index in [1.54, 1.807) is 18.2 Å². The van der Waals surface area contributed by atoms with Crippen LogP contribution in [0.3, 0.4) is 0 Å². The van der Waals surface area contributed by atoms with Gasteiger partial charge in [0.15, 0.2) is 0 Å². The van der Waals surface area contributed by atoms with Crippen molar-refractivity contribution in [1.29, 1.82) is 0 Å². The maximum atomic E-state index is 11.7. The van der Waals surface area contributed by atoms with Crippen molar-refractivity contribution < 1.29 is 24.6 Å². The lowest BCUT2D eigenvalue weighted by atomic mass is 10.1. The van der Waals surface area contributed by atoms with Crippen molar-refractivity contribution in [3.8, 4) is 0 Å². The first-order chi connectivity index (χ1) is 9.43. The van der Waals surface area contributed by atoms with Crippen LogP contribution in [0.2, 0.25) is 0 Å². The van der Waals surface area contributed by atoms with Gasteiger partial charge in [0.05, 0.1) is 13.2 Å². The molecular formula is C13H16N2O5. The minimum atomic E-state index is -1.38. The molecule has 1 rings (SSSR count). The Morgan fingerprint density at radius 1 is 1.30 bits per heavy atom. The van der Waals surface area contributed by atoms with Crippen molar-refractivity contribution in [1.82, 2.24) is 10.6 Å². The van der Waals surface area contributed by atoms with Gasteiger partial charge in [0.25, 0.3) is 5.91 Å². The molecule has 7 nitrogen and oxygen atoms in total. The van der Waals surface area contributed by atoms with E-state index in [-0.39, 0.29) is 6.54 Å². The lowest BCUT2D eigenvalue weighted by Gasteiger charge is -2.12. The summed E-state index contributed by atoms with van der Waals surface area (Å²) in [6, 6.07) is 5.45. The van der Waals surface area contributed by atoms with Gasteiger partial charge in [0.1, 0.15) is 6.04 Å². The van der Waals surface area contributed by atoms with E-state index in [9.17, 15) is 14.4 Å². The van der Waals surface area contributed by atoms with E-state index in [2.05, 4.69) is 10.6 Å². The smallest absolute Gasteiger partial charge is 0.328 e. The number of benzene rings is 1. The summed E-state index contributed by atoms with van der Waals surface area (Å²) >= 11 is 0. The minimum absolute atomic E-state index is 0.365. The van der Waals surface area contributed by atoms with Crippen LogP contribution in [0.15, 0.2) is 24.3 Å². The quantitative estimate of drug-likeness (QED) is 0.549. The molecule has 0 aliphatic carbocycles. The highest BCUT2D eigenvalue weighted by Gasteiger charge is 2.18. The normalized spacial score (nSPS) is 11.5. The second kappa shape index (κ2) is 7.25. The molecule has 108 valence electrons. The molecule has 0 aromatic heterocycles. The molecule has 0 saturated heterocycles. The molecule has 7 heteroatoms. The number of carbonyl (C=O) groups excluding carboxylic acids is 2. The lowest BCUT2D eigenvalue weighted by molar-refractivity contribution is -0.142. The van der Waals surface area contributed by atoms with Gasteiger partial charge in [-0.3, -0.25) is 9.59 Å². The Morgan fingerprint density at radius 3 is 2.55 bits per heavy atom. The fourth-order valence-corrected chi connectivity index (χ4v) is 1.48. The highest BCUT2D eigenvalue weighted by atomic mass is 16.4. The number of aliphatic hydroxyl groups is 1. The maximum absolute atomic E-state index is 11.7. The molecule has 0 aliphatic rings. The second-order valence-electron chi connectivity index (χ2n) is 4.19. The summed E-state index contributed by atoms with van der Waals surface area (Å²) in [6.07, 6.45) is 0. The summed E-state index contributed by atoms with van der Waals surface area (Å²) in [5.74, 6) is -2.46. The summed E-state index contributed by atoms with van der Waals surface area (Å²) < 4.78 is 0.